The van der Waals surface area contributed by atoms with E-state index in [2.05, 4.69) is 25.1 Å². The largest absolute Gasteiger partial charge is 0.362 e. The van der Waals surface area contributed by atoms with Gasteiger partial charge in [0, 0.05) is 30.4 Å². The maximum absolute atomic E-state index is 6.23. The van der Waals surface area contributed by atoms with Gasteiger partial charge in [-0.2, -0.15) is 0 Å². The number of aromatic nitrogens is 2. The van der Waals surface area contributed by atoms with Crippen LogP contribution in [0.3, 0.4) is 0 Å². The van der Waals surface area contributed by atoms with Gasteiger partial charge < -0.3 is 4.90 Å². The molecule has 1 heterocycles. The van der Waals surface area contributed by atoms with Gasteiger partial charge >= 0.3 is 0 Å². The molecular weight excluding hydrogens is 349 g/mol. The van der Waals surface area contributed by atoms with Gasteiger partial charge in [0.2, 0.25) is 0 Å². The lowest BCUT2D eigenvalue weighted by Gasteiger charge is -2.22. The molecule has 0 bridgehead atoms. The monoisotopic (exact) mass is 369 g/mol. The topological polar surface area (TPSA) is 29.0 Å². The number of nitrogens with zero attached hydrogens (tertiary/aromatic N) is 3. The van der Waals surface area contributed by atoms with E-state index in [0.717, 1.165) is 40.2 Å². The lowest BCUT2D eigenvalue weighted by atomic mass is 9.96. The number of halogens is 2. The van der Waals surface area contributed by atoms with Crippen molar-refractivity contribution in [3.63, 3.8) is 0 Å². The second kappa shape index (κ2) is 8.22. The minimum absolute atomic E-state index is 0. The predicted octanol–water partition coefficient (Wildman–Crippen LogP) is 4.79. The summed E-state index contributed by atoms with van der Waals surface area (Å²) < 4.78 is 0. The molecule has 0 saturated heterocycles. The number of thioether (sulfide) groups is 1. The van der Waals surface area contributed by atoms with E-state index >= 15 is 0 Å². The van der Waals surface area contributed by atoms with Gasteiger partial charge in [-0.05, 0) is 37.3 Å². The van der Waals surface area contributed by atoms with Crippen molar-refractivity contribution < 1.29 is 0 Å². The Labute approximate surface area is 153 Å². The molecule has 124 valence electrons. The first-order valence-corrected chi connectivity index (χ1v) is 8.95. The number of anilines is 1. The van der Waals surface area contributed by atoms with Gasteiger partial charge in [0.25, 0.3) is 0 Å². The first-order chi connectivity index (χ1) is 10.6. The highest BCUT2D eigenvalue weighted by Crippen LogP contribution is 2.31. The van der Waals surface area contributed by atoms with Crippen LogP contribution in [0.2, 0.25) is 5.02 Å². The van der Waals surface area contributed by atoms with Crippen LogP contribution >= 0.6 is 35.8 Å². The van der Waals surface area contributed by atoms with Crippen LogP contribution in [-0.4, -0.2) is 24.1 Å². The summed E-state index contributed by atoms with van der Waals surface area (Å²) >= 11 is 7.88. The molecule has 0 N–H and O–H groups in total. The molecule has 1 aliphatic carbocycles. The molecule has 0 aliphatic heterocycles. The maximum Gasteiger partial charge on any atom is 0.190 e. The van der Waals surface area contributed by atoms with E-state index in [0.29, 0.717) is 0 Å². The number of rotatable bonds is 4. The van der Waals surface area contributed by atoms with Crippen molar-refractivity contribution >= 4 is 41.6 Å². The van der Waals surface area contributed by atoms with Crippen molar-refractivity contribution in [3.05, 3.63) is 46.1 Å². The van der Waals surface area contributed by atoms with Gasteiger partial charge in [0.1, 0.15) is 5.82 Å². The zero-order valence-corrected chi connectivity index (χ0v) is 15.8. The first kappa shape index (κ1) is 18.4. The predicted molar refractivity (Wildman–Crippen MR) is 101 cm³/mol. The molecule has 1 aromatic heterocycles. The molecule has 0 fully saturated rings. The Morgan fingerprint density at radius 1 is 1.13 bits per heavy atom. The van der Waals surface area contributed by atoms with Crippen LogP contribution in [0.1, 0.15) is 29.7 Å². The van der Waals surface area contributed by atoms with Crippen molar-refractivity contribution in [3.8, 4) is 0 Å². The van der Waals surface area contributed by atoms with E-state index in [9.17, 15) is 0 Å². The molecule has 0 saturated carbocycles. The highest BCUT2D eigenvalue weighted by atomic mass is 35.5. The fourth-order valence-corrected chi connectivity index (χ4v) is 3.89. The molecule has 0 amide bonds. The second-order valence-corrected chi connectivity index (χ2v) is 7.09. The summed E-state index contributed by atoms with van der Waals surface area (Å²) in [6.45, 7) is 0. The molecule has 23 heavy (non-hydrogen) atoms. The van der Waals surface area contributed by atoms with E-state index in [-0.39, 0.29) is 12.4 Å². The molecule has 0 radical (unpaired) electrons. The number of benzene rings is 1. The molecular formula is C17H21Cl2N3S. The average molecular weight is 370 g/mol. The first-order valence-electron chi connectivity index (χ1n) is 7.58. The van der Waals surface area contributed by atoms with Crippen molar-refractivity contribution in [1.82, 2.24) is 9.97 Å². The van der Waals surface area contributed by atoms with Crippen LogP contribution in [0.15, 0.2) is 29.4 Å². The zero-order chi connectivity index (χ0) is 15.5. The van der Waals surface area contributed by atoms with Crippen molar-refractivity contribution in [2.24, 2.45) is 0 Å². The quantitative estimate of drug-likeness (QED) is 0.572. The van der Waals surface area contributed by atoms with Crippen molar-refractivity contribution in [1.29, 1.82) is 0 Å². The maximum atomic E-state index is 6.23. The fourth-order valence-electron chi connectivity index (χ4n) is 2.74. The molecule has 0 spiro atoms. The summed E-state index contributed by atoms with van der Waals surface area (Å²) in [6.07, 6.45) is 4.63. The summed E-state index contributed by atoms with van der Waals surface area (Å²) in [6, 6.07) is 7.95. The van der Waals surface area contributed by atoms with Crippen molar-refractivity contribution in [2.45, 2.75) is 36.6 Å². The van der Waals surface area contributed by atoms with E-state index in [4.69, 9.17) is 21.6 Å². The fraction of sp³-hybridized carbons (Fsp3) is 0.412. The van der Waals surface area contributed by atoms with Gasteiger partial charge in [-0.1, -0.05) is 41.6 Å². The van der Waals surface area contributed by atoms with Gasteiger partial charge in [-0.25, -0.2) is 9.97 Å². The average Bonchev–Trinajstić information content (AvgIpc) is 2.53. The van der Waals surface area contributed by atoms with Crippen LogP contribution in [0.4, 0.5) is 5.82 Å². The molecule has 2 aromatic rings. The van der Waals surface area contributed by atoms with Gasteiger partial charge in [0.05, 0.1) is 5.69 Å². The minimum Gasteiger partial charge on any atom is -0.362 e. The third-order valence-corrected chi connectivity index (χ3v) is 5.14. The van der Waals surface area contributed by atoms with E-state index in [1.165, 1.54) is 24.1 Å². The zero-order valence-electron chi connectivity index (χ0n) is 13.4. The number of hydrogen-bond acceptors (Lipinski definition) is 4. The summed E-state index contributed by atoms with van der Waals surface area (Å²) in [5.74, 6) is 1.87. The highest BCUT2D eigenvalue weighted by Gasteiger charge is 2.19. The Morgan fingerprint density at radius 3 is 2.61 bits per heavy atom. The molecule has 0 atom stereocenters. The second-order valence-electron chi connectivity index (χ2n) is 5.74. The van der Waals surface area contributed by atoms with Gasteiger partial charge in [-0.15, -0.1) is 12.4 Å². The Kier molecular flexibility index (Phi) is 6.57. The summed E-state index contributed by atoms with van der Waals surface area (Å²) in [4.78, 5) is 11.7. The normalized spacial score (nSPS) is 13.2. The molecule has 3 nitrogen and oxygen atoms in total. The van der Waals surface area contributed by atoms with Gasteiger partial charge in [-0.3, -0.25) is 0 Å². The third-order valence-electron chi connectivity index (χ3n) is 3.88. The van der Waals surface area contributed by atoms with E-state index in [1.54, 1.807) is 11.8 Å². The van der Waals surface area contributed by atoms with Crippen LogP contribution in [-0.2, 0) is 18.6 Å². The van der Waals surface area contributed by atoms with Crippen LogP contribution in [0, 0.1) is 0 Å². The molecule has 1 aliphatic rings. The number of fused-ring (bicyclic) bond motifs is 1. The molecule has 0 unspecified atom stereocenters. The van der Waals surface area contributed by atoms with E-state index in [1.807, 2.05) is 18.2 Å². The Morgan fingerprint density at radius 2 is 1.87 bits per heavy atom. The van der Waals surface area contributed by atoms with E-state index < -0.39 is 0 Å². The van der Waals surface area contributed by atoms with Crippen LogP contribution in [0.5, 0.6) is 0 Å². The highest BCUT2D eigenvalue weighted by molar-refractivity contribution is 7.98. The number of hydrogen-bond donors (Lipinski definition) is 0. The van der Waals surface area contributed by atoms with Crippen molar-refractivity contribution in [2.75, 3.05) is 19.0 Å². The lowest BCUT2D eigenvalue weighted by Crippen LogP contribution is -2.18. The third kappa shape index (κ3) is 4.31. The van der Waals surface area contributed by atoms with Gasteiger partial charge in [0.15, 0.2) is 5.16 Å². The molecule has 6 heteroatoms. The Hall–Kier alpha value is -0.970. The van der Waals surface area contributed by atoms with Crippen LogP contribution in [0.25, 0.3) is 0 Å². The molecule has 1 aromatic carbocycles. The lowest BCUT2D eigenvalue weighted by molar-refractivity contribution is 0.647. The Balaban J connectivity index is 0.00000192. The number of aryl methyl sites for hydroxylation is 1. The summed E-state index contributed by atoms with van der Waals surface area (Å²) in [5.41, 5.74) is 3.69. The Bertz CT molecular complexity index is 677. The smallest absolute Gasteiger partial charge is 0.190 e. The minimum atomic E-state index is 0. The summed E-state index contributed by atoms with van der Waals surface area (Å²) in [5, 5.41) is 1.66. The summed E-state index contributed by atoms with van der Waals surface area (Å²) in [7, 11) is 4.11. The van der Waals surface area contributed by atoms with Crippen LogP contribution < -0.4 is 4.90 Å². The SMILES string of the molecule is CN(C)c1nc(SCc2ccccc2Cl)nc2c1CCCC2.Cl. The molecule has 3 rings (SSSR count). The standard InChI is InChI=1S/C17H20ClN3S.ClH/c1-21(2)16-13-8-4-6-10-15(13)19-17(20-16)22-11-12-7-3-5-9-14(12)18;/h3,5,7,9H,4,6,8,10-11H2,1-2H3;1H.